The molecule has 1 amide bonds. The van der Waals surface area contributed by atoms with E-state index in [9.17, 15) is 22.2 Å². The fourth-order valence-electron chi connectivity index (χ4n) is 1.89. The van der Waals surface area contributed by atoms with Gasteiger partial charge in [-0.25, -0.2) is 9.78 Å². The van der Waals surface area contributed by atoms with Gasteiger partial charge in [0, 0.05) is 11.9 Å². The van der Waals surface area contributed by atoms with Crippen LogP contribution in [0.4, 0.5) is 23.7 Å². The van der Waals surface area contributed by atoms with E-state index in [2.05, 4.69) is 15.0 Å². The average molecular weight is 393 g/mol. The predicted molar refractivity (Wildman–Crippen MR) is 86.8 cm³/mol. The molecule has 1 N–H and O–H groups in total. The second kappa shape index (κ2) is 7.83. The molecular weight excluding hydrogens is 381 g/mol. The van der Waals surface area contributed by atoms with Crippen molar-refractivity contribution in [1.29, 1.82) is 0 Å². The average Bonchev–Trinajstić information content (AvgIpc) is 2.55. The molecule has 1 heterocycles. The molecule has 0 bridgehead atoms. The summed E-state index contributed by atoms with van der Waals surface area (Å²) < 4.78 is 54.8. The molecule has 5 nitrogen and oxygen atoms in total. The number of ether oxygens (including phenoxy) is 1. The van der Waals surface area contributed by atoms with E-state index in [1.54, 1.807) is 24.3 Å². The van der Waals surface area contributed by atoms with Crippen LogP contribution < -0.4 is 5.32 Å². The highest BCUT2D eigenvalue weighted by Gasteiger charge is 2.32. The summed E-state index contributed by atoms with van der Waals surface area (Å²) in [5, 5.41) is 1.96. The summed E-state index contributed by atoms with van der Waals surface area (Å²) in [7, 11) is -0.614. The molecule has 25 heavy (non-hydrogen) atoms. The minimum absolute atomic E-state index is 0.0990. The van der Waals surface area contributed by atoms with Crippen LogP contribution in [0.5, 0.6) is 0 Å². The summed E-state index contributed by atoms with van der Waals surface area (Å²) in [6, 6.07) is 7.19. The van der Waals surface area contributed by atoms with Gasteiger partial charge in [-0.05, 0) is 17.7 Å². The summed E-state index contributed by atoms with van der Waals surface area (Å²) >= 11 is 5.80. The van der Waals surface area contributed by atoms with Crippen molar-refractivity contribution in [3.05, 3.63) is 52.7 Å². The van der Waals surface area contributed by atoms with E-state index >= 15 is 0 Å². The number of para-hydroxylation sites is 1. The molecular formula is C15H12ClF3N2O3S. The Morgan fingerprint density at radius 2 is 2.04 bits per heavy atom. The number of hydrogen-bond acceptors (Lipinski definition) is 4. The number of halogens is 4. The molecule has 2 rings (SSSR count). The van der Waals surface area contributed by atoms with Gasteiger partial charge in [0.2, 0.25) is 0 Å². The highest BCUT2D eigenvalue weighted by molar-refractivity contribution is 7.84. The van der Waals surface area contributed by atoms with Crippen LogP contribution in [0.25, 0.3) is 0 Å². The summed E-state index contributed by atoms with van der Waals surface area (Å²) in [5.41, 5.74) is -0.166. The number of rotatable bonds is 4. The Labute approximate surface area is 148 Å². The number of nitrogens with zero attached hydrogens (tertiary/aromatic N) is 1. The number of hydrogen-bond donors (Lipinski definition) is 1. The number of carbonyl (C=O) groups excluding carboxylic acids is 1. The van der Waals surface area contributed by atoms with Gasteiger partial charge in [0.05, 0.1) is 34.2 Å². The summed E-state index contributed by atoms with van der Waals surface area (Å²) in [5.74, 6) is -0.0990. The largest absolute Gasteiger partial charge is 0.453 e. The summed E-state index contributed by atoms with van der Waals surface area (Å²) in [4.78, 5) is 14.9. The Bertz CT molecular complexity index is 815. The van der Waals surface area contributed by atoms with Crippen LogP contribution >= 0.6 is 11.6 Å². The second-order valence-corrected chi connectivity index (χ2v) is 6.55. The van der Waals surface area contributed by atoms with E-state index in [-0.39, 0.29) is 15.8 Å². The summed E-state index contributed by atoms with van der Waals surface area (Å²) in [6.45, 7) is 0. The van der Waals surface area contributed by atoms with Crippen molar-refractivity contribution >= 4 is 34.2 Å². The van der Waals surface area contributed by atoms with Gasteiger partial charge in [-0.1, -0.05) is 29.8 Å². The molecule has 1 aromatic carbocycles. The number of aromatic nitrogens is 1. The lowest BCUT2D eigenvalue weighted by molar-refractivity contribution is -0.137. The highest BCUT2D eigenvalue weighted by atomic mass is 35.5. The SMILES string of the molecule is COC(=O)Nc1ccccc1CS(=O)c1ncc(C(F)(F)F)cc1Cl. The fourth-order valence-corrected chi connectivity index (χ4v) is 3.43. The molecule has 10 heteroatoms. The molecule has 1 aromatic heterocycles. The van der Waals surface area contributed by atoms with E-state index in [1.165, 1.54) is 7.11 Å². The quantitative estimate of drug-likeness (QED) is 0.845. The van der Waals surface area contributed by atoms with Gasteiger partial charge in [0.1, 0.15) is 5.03 Å². The first kappa shape index (κ1) is 19.2. The molecule has 0 fully saturated rings. The number of benzene rings is 1. The Morgan fingerprint density at radius 1 is 1.36 bits per heavy atom. The molecule has 1 unspecified atom stereocenters. The Hall–Kier alpha value is -2.13. The predicted octanol–water partition coefficient (Wildman–Crippen LogP) is 4.24. The van der Waals surface area contributed by atoms with Crippen molar-refractivity contribution in [2.24, 2.45) is 0 Å². The second-order valence-electron chi connectivity index (χ2n) is 4.77. The van der Waals surface area contributed by atoms with Crippen LogP contribution in [-0.2, 0) is 27.5 Å². The van der Waals surface area contributed by atoms with Gasteiger partial charge in [-0.3, -0.25) is 9.53 Å². The number of nitrogens with one attached hydrogen (secondary N) is 1. The zero-order valence-electron chi connectivity index (χ0n) is 12.8. The van der Waals surface area contributed by atoms with Gasteiger partial charge in [0.25, 0.3) is 0 Å². The molecule has 0 saturated heterocycles. The normalized spacial score (nSPS) is 12.5. The molecule has 0 spiro atoms. The Kier molecular flexibility index (Phi) is 6.02. The molecule has 134 valence electrons. The van der Waals surface area contributed by atoms with E-state index < -0.39 is 28.6 Å². The lowest BCUT2D eigenvalue weighted by Gasteiger charge is -2.11. The number of carbonyl (C=O) groups is 1. The maximum Gasteiger partial charge on any atom is 0.417 e. The van der Waals surface area contributed by atoms with E-state index in [0.717, 1.165) is 0 Å². The molecule has 1 atom stereocenters. The zero-order valence-corrected chi connectivity index (χ0v) is 14.3. The smallest absolute Gasteiger partial charge is 0.417 e. The molecule has 2 aromatic rings. The molecule has 0 aliphatic rings. The van der Waals surface area contributed by atoms with Crippen molar-refractivity contribution in [3.63, 3.8) is 0 Å². The van der Waals surface area contributed by atoms with E-state index in [0.29, 0.717) is 23.5 Å². The number of amides is 1. The van der Waals surface area contributed by atoms with Crippen LogP contribution in [0.3, 0.4) is 0 Å². The first-order valence-electron chi connectivity index (χ1n) is 6.76. The fraction of sp³-hybridized carbons (Fsp3) is 0.200. The molecule has 0 saturated carbocycles. The van der Waals surface area contributed by atoms with Crippen molar-refractivity contribution in [2.45, 2.75) is 17.0 Å². The van der Waals surface area contributed by atoms with Crippen LogP contribution in [0, 0.1) is 0 Å². The Balaban J connectivity index is 2.25. The Morgan fingerprint density at radius 3 is 2.64 bits per heavy atom. The lowest BCUT2D eigenvalue weighted by Crippen LogP contribution is -2.13. The van der Waals surface area contributed by atoms with Crippen LogP contribution in [0.2, 0.25) is 5.02 Å². The van der Waals surface area contributed by atoms with Gasteiger partial charge >= 0.3 is 12.3 Å². The lowest BCUT2D eigenvalue weighted by atomic mass is 10.2. The maximum absolute atomic E-state index is 12.6. The third-order valence-electron chi connectivity index (χ3n) is 3.08. The topological polar surface area (TPSA) is 68.3 Å². The number of anilines is 1. The first-order chi connectivity index (χ1) is 11.7. The monoisotopic (exact) mass is 392 g/mol. The molecule has 0 aliphatic carbocycles. The van der Waals surface area contributed by atoms with Gasteiger partial charge in [-0.15, -0.1) is 0 Å². The molecule has 0 aliphatic heterocycles. The van der Waals surface area contributed by atoms with Crippen LogP contribution in [-0.4, -0.2) is 22.4 Å². The van der Waals surface area contributed by atoms with Crippen LogP contribution in [0.15, 0.2) is 41.6 Å². The number of alkyl halides is 3. The number of methoxy groups -OCH3 is 1. The highest BCUT2D eigenvalue weighted by Crippen LogP contribution is 2.32. The third kappa shape index (κ3) is 4.93. The van der Waals surface area contributed by atoms with Gasteiger partial charge in [-0.2, -0.15) is 13.2 Å². The minimum atomic E-state index is -4.59. The van der Waals surface area contributed by atoms with Crippen molar-refractivity contribution in [3.8, 4) is 0 Å². The van der Waals surface area contributed by atoms with Crippen molar-refractivity contribution < 1.29 is 26.9 Å². The maximum atomic E-state index is 12.6. The third-order valence-corrected chi connectivity index (χ3v) is 4.81. The van der Waals surface area contributed by atoms with Crippen molar-refractivity contribution in [2.75, 3.05) is 12.4 Å². The van der Waals surface area contributed by atoms with E-state index in [1.807, 2.05) is 0 Å². The standard InChI is InChI=1S/C15H12ClF3N2O3S/c1-24-14(22)21-12-5-3-2-4-9(12)8-25(23)13-11(16)6-10(7-20-13)15(17,18)19/h2-7H,8H2,1H3,(H,21,22). The van der Waals surface area contributed by atoms with Gasteiger partial charge < -0.3 is 4.74 Å². The molecule has 0 radical (unpaired) electrons. The first-order valence-corrected chi connectivity index (χ1v) is 8.46. The van der Waals surface area contributed by atoms with Gasteiger partial charge in [0.15, 0.2) is 0 Å². The van der Waals surface area contributed by atoms with Crippen LogP contribution in [0.1, 0.15) is 11.1 Å². The van der Waals surface area contributed by atoms with Crippen molar-refractivity contribution in [1.82, 2.24) is 4.98 Å². The van der Waals surface area contributed by atoms with E-state index in [4.69, 9.17) is 11.6 Å². The summed E-state index contributed by atoms with van der Waals surface area (Å²) in [6.07, 6.45) is -4.71. The minimum Gasteiger partial charge on any atom is -0.453 e. The zero-order chi connectivity index (χ0) is 18.6. The number of pyridine rings is 1.